The van der Waals surface area contributed by atoms with Crippen LogP contribution in [0.1, 0.15) is 10.8 Å². The van der Waals surface area contributed by atoms with Gasteiger partial charge in [-0.15, -0.1) is 11.3 Å². The van der Waals surface area contributed by atoms with Gasteiger partial charge >= 0.3 is 0 Å². The highest BCUT2D eigenvalue weighted by Crippen LogP contribution is 2.08. The minimum atomic E-state index is -0.126. The van der Waals surface area contributed by atoms with Gasteiger partial charge in [0.05, 0.1) is 6.54 Å². The molecule has 0 spiro atoms. The van der Waals surface area contributed by atoms with Crippen molar-refractivity contribution >= 4 is 23.6 Å². The van der Waals surface area contributed by atoms with Crippen LogP contribution < -0.4 is 0 Å². The lowest BCUT2D eigenvalue weighted by Gasteiger charge is -2.00. The maximum Gasteiger partial charge on any atom is 0.195 e. The molecular weight excluding hydrogens is 220 g/mol. The molecule has 0 aromatic carbocycles. The number of rotatable bonds is 3. The van der Waals surface area contributed by atoms with E-state index in [1.165, 1.54) is 0 Å². The van der Waals surface area contributed by atoms with Crippen LogP contribution in [0.25, 0.3) is 0 Å². The third-order valence-electron chi connectivity index (χ3n) is 1.76. The van der Waals surface area contributed by atoms with E-state index in [2.05, 4.69) is 15.2 Å². The van der Waals surface area contributed by atoms with Gasteiger partial charge in [-0.1, -0.05) is 0 Å². The molecule has 0 aliphatic rings. The van der Waals surface area contributed by atoms with E-state index in [0.717, 1.165) is 5.01 Å². The maximum atomic E-state index is 8.99. The Balaban J connectivity index is 2.32. The van der Waals surface area contributed by atoms with Crippen LogP contribution in [0.5, 0.6) is 0 Å². The fourth-order valence-electron chi connectivity index (χ4n) is 1.10. The van der Waals surface area contributed by atoms with Gasteiger partial charge in [0.25, 0.3) is 0 Å². The second-order valence-electron chi connectivity index (χ2n) is 2.62. The van der Waals surface area contributed by atoms with Crippen molar-refractivity contribution < 1.29 is 5.11 Å². The minimum Gasteiger partial charge on any atom is -0.388 e. The zero-order valence-electron chi connectivity index (χ0n) is 7.17. The Bertz CT molecular complexity index is 458. The van der Waals surface area contributed by atoms with Crippen LogP contribution in [0, 0.1) is 4.77 Å². The summed E-state index contributed by atoms with van der Waals surface area (Å²) in [5, 5.41) is 18.4. The van der Waals surface area contributed by atoms with Crippen molar-refractivity contribution in [2.45, 2.75) is 13.2 Å². The van der Waals surface area contributed by atoms with Crippen LogP contribution in [0.3, 0.4) is 0 Å². The predicted octanol–water partition coefficient (Wildman–Crippen LogP) is 0.938. The first-order valence-corrected chi connectivity index (χ1v) is 5.23. The van der Waals surface area contributed by atoms with Crippen molar-refractivity contribution in [1.29, 1.82) is 0 Å². The average Bonchev–Trinajstić information content (AvgIpc) is 2.79. The van der Waals surface area contributed by atoms with Gasteiger partial charge in [0.1, 0.15) is 11.6 Å². The molecule has 0 radical (unpaired) electrons. The zero-order valence-corrected chi connectivity index (χ0v) is 8.81. The summed E-state index contributed by atoms with van der Waals surface area (Å²) in [6, 6.07) is 0. The highest BCUT2D eigenvalue weighted by molar-refractivity contribution is 7.71. The number of aromatic nitrogens is 4. The number of aliphatic hydroxyl groups excluding tert-OH is 1. The lowest BCUT2D eigenvalue weighted by Crippen LogP contribution is -2.04. The lowest BCUT2D eigenvalue weighted by molar-refractivity contribution is 0.265. The summed E-state index contributed by atoms with van der Waals surface area (Å²) in [7, 11) is 0. The van der Waals surface area contributed by atoms with Crippen LogP contribution in [0.4, 0.5) is 0 Å². The first kappa shape index (κ1) is 9.50. The maximum absolute atomic E-state index is 8.99. The molecule has 0 atom stereocenters. The quantitative estimate of drug-likeness (QED) is 0.767. The van der Waals surface area contributed by atoms with Crippen molar-refractivity contribution in [3.05, 3.63) is 27.2 Å². The summed E-state index contributed by atoms with van der Waals surface area (Å²) in [6.07, 6.45) is 1.74. The van der Waals surface area contributed by atoms with E-state index in [4.69, 9.17) is 17.3 Å². The molecule has 2 heterocycles. The molecule has 2 rings (SSSR count). The Kier molecular flexibility index (Phi) is 2.71. The molecule has 0 aliphatic carbocycles. The Morgan fingerprint density at radius 3 is 3.14 bits per heavy atom. The number of aliphatic hydroxyl groups is 1. The van der Waals surface area contributed by atoms with E-state index in [-0.39, 0.29) is 6.61 Å². The highest BCUT2D eigenvalue weighted by atomic mass is 32.1. The van der Waals surface area contributed by atoms with Crippen LogP contribution in [-0.2, 0) is 13.2 Å². The van der Waals surface area contributed by atoms with Gasteiger partial charge in [-0.05, 0) is 12.2 Å². The molecule has 0 bridgehead atoms. The van der Waals surface area contributed by atoms with Gasteiger partial charge in [-0.25, -0.2) is 4.98 Å². The molecular formula is C7H8N4OS2. The van der Waals surface area contributed by atoms with Gasteiger partial charge in [0, 0.05) is 11.6 Å². The van der Waals surface area contributed by atoms with Crippen molar-refractivity contribution in [3.8, 4) is 0 Å². The predicted molar refractivity (Wildman–Crippen MR) is 54.6 cm³/mol. The van der Waals surface area contributed by atoms with Crippen LogP contribution >= 0.6 is 23.6 Å². The molecule has 0 amide bonds. The minimum absolute atomic E-state index is 0.126. The lowest BCUT2D eigenvalue weighted by atomic mass is 10.6. The number of nitrogens with zero attached hydrogens (tertiary/aromatic N) is 3. The SMILES string of the molecule is OCc1n[nH]c(=S)n1Cc1nccs1. The monoisotopic (exact) mass is 228 g/mol. The second kappa shape index (κ2) is 3.99. The molecule has 7 heteroatoms. The van der Waals surface area contributed by atoms with E-state index >= 15 is 0 Å². The Morgan fingerprint density at radius 1 is 1.64 bits per heavy atom. The first-order valence-electron chi connectivity index (χ1n) is 3.94. The third kappa shape index (κ3) is 1.74. The molecule has 14 heavy (non-hydrogen) atoms. The molecule has 2 N–H and O–H groups in total. The van der Waals surface area contributed by atoms with Gasteiger partial charge in [0.2, 0.25) is 0 Å². The Morgan fingerprint density at radius 2 is 2.50 bits per heavy atom. The zero-order chi connectivity index (χ0) is 9.97. The first-order chi connectivity index (χ1) is 6.81. The molecule has 0 fully saturated rings. The third-order valence-corrected chi connectivity index (χ3v) is 2.83. The summed E-state index contributed by atoms with van der Waals surface area (Å²) < 4.78 is 2.23. The van der Waals surface area contributed by atoms with Gasteiger partial charge < -0.3 is 5.11 Å². The summed E-state index contributed by atoms with van der Waals surface area (Å²) in [5.41, 5.74) is 0. The summed E-state index contributed by atoms with van der Waals surface area (Å²) >= 11 is 6.57. The van der Waals surface area contributed by atoms with E-state index in [1.807, 2.05) is 5.38 Å². The largest absolute Gasteiger partial charge is 0.388 e. The average molecular weight is 228 g/mol. The van der Waals surface area contributed by atoms with E-state index in [9.17, 15) is 0 Å². The number of thiazole rings is 1. The molecule has 0 saturated heterocycles. The fourth-order valence-corrected chi connectivity index (χ4v) is 1.92. The number of H-pyrrole nitrogens is 1. The van der Waals surface area contributed by atoms with Crippen molar-refractivity contribution in [2.24, 2.45) is 0 Å². The molecule has 2 aromatic heterocycles. The summed E-state index contributed by atoms with van der Waals surface area (Å²) in [4.78, 5) is 4.14. The Labute approximate surface area is 89.1 Å². The molecule has 0 aliphatic heterocycles. The fraction of sp³-hybridized carbons (Fsp3) is 0.286. The van der Waals surface area contributed by atoms with Crippen LogP contribution in [-0.4, -0.2) is 24.9 Å². The standard InChI is InChI=1S/C7H8N4OS2/c12-4-5-9-10-7(13)11(5)3-6-8-1-2-14-6/h1-2,12H,3-4H2,(H,10,13). The van der Waals surface area contributed by atoms with Crippen LogP contribution in [0.15, 0.2) is 11.6 Å². The topological polar surface area (TPSA) is 66.7 Å². The molecule has 2 aromatic rings. The Hall–Kier alpha value is -1.05. The van der Waals surface area contributed by atoms with E-state index in [0.29, 0.717) is 17.1 Å². The number of nitrogens with one attached hydrogen (secondary N) is 1. The van der Waals surface area contributed by atoms with E-state index < -0.39 is 0 Å². The van der Waals surface area contributed by atoms with Gasteiger partial charge in [-0.3, -0.25) is 9.67 Å². The smallest absolute Gasteiger partial charge is 0.195 e. The number of hydrogen-bond acceptors (Lipinski definition) is 5. The number of aromatic amines is 1. The van der Waals surface area contributed by atoms with Crippen LogP contribution in [0.2, 0.25) is 0 Å². The molecule has 0 unspecified atom stereocenters. The number of hydrogen-bond donors (Lipinski definition) is 2. The van der Waals surface area contributed by atoms with Crippen molar-refractivity contribution in [2.75, 3.05) is 0 Å². The summed E-state index contributed by atoms with van der Waals surface area (Å²) in [6.45, 7) is 0.432. The molecule has 74 valence electrons. The molecule has 5 nitrogen and oxygen atoms in total. The van der Waals surface area contributed by atoms with Gasteiger partial charge in [-0.2, -0.15) is 5.10 Å². The summed E-state index contributed by atoms with van der Waals surface area (Å²) in [5.74, 6) is 0.533. The second-order valence-corrected chi connectivity index (χ2v) is 3.98. The van der Waals surface area contributed by atoms with Crippen molar-refractivity contribution in [1.82, 2.24) is 19.7 Å². The highest BCUT2D eigenvalue weighted by Gasteiger charge is 2.06. The normalized spacial score (nSPS) is 10.6. The molecule has 0 saturated carbocycles. The van der Waals surface area contributed by atoms with Gasteiger partial charge in [0.15, 0.2) is 10.6 Å². The van der Waals surface area contributed by atoms with E-state index in [1.54, 1.807) is 22.1 Å². The van der Waals surface area contributed by atoms with Crippen molar-refractivity contribution in [3.63, 3.8) is 0 Å².